The van der Waals surface area contributed by atoms with Crippen molar-refractivity contribution in [2.45, 2.75) is 37.9 Å². The van der Waals surface area contributed by atoms with E-state index in [1.807, 2.05) is 0 Å². The summed E-state index contributed by atoms with van der Waals surface area (Å²) in [5, 5.41) is 8.56. The van der Waals surface area contributed by atoms with Crippen LogP contribution in [0.2, 0.25) is 0 Å². The van der Waals surface area contributed by atoms with Crippen molar-refractivity contribution in [3.63, 3.8) is 0 Å². The average Bonchev–Trinajstić information content (AvgIpc) is 1.95. The van der Waals surface area contributed by atoms with Crippen molar-refractivity contribution in [1.82, 2.24) is 0 Å². The van der Waals surface area contributed by atoms with Gasteiger partial charge >= 0.3 is 12.4 Å². The highest BCUT2D eigenvalue weighted by Crippen LogP contribution is 2.43. The second-order valence-electron chi connectivity index (χ2n) is 3.22. The standard InChI is InChI=1S/C7H10F6O2/c1-4(2)15-3-5(14,6(8,9)10)7(11,12)13/h4,14H,3H2,1-2H3. The molecular weight excluding hydrogens is 230 g/mol. The maximum atomic E-state index is 12.0. The molecule has 0 radical (unpaired) electrons. The number of aliphatic hydroxyl groups is 1. The summed E-state index contributed by atoms with van der Waals surface area (Å²) < 4.78 is 76.2. The van der Waals surface area contributed by atoms with Gasteiger partial charge in [-0.1, -0.05) is 0 Å². The van der Waals surface area contributed by atoms with Crippen LogP contribution in [0.15, 0.2) is 0 Å². The number of hydrogen-bond donors (Lipinski definition) is 1. The zero-order valence-corrected chi connectivity index (χ0v) is 7.91. The molecule has 0 saturated carbocycles. The fourth-order valence-corrected chi connectivity index (χ4v) is 0.612. The van der Waals surface area contributed by atoms with Gasteiger partial charge in [0.05, 0.1) is 12.7 Å². The number of alkyl halides is 6. The second kappa shape index (κ2) is 4.17. The summed E-state index contributed by atoms with van der Waals surface area (Å²) in [6.07, 6.45) is -12.5. The minimum Gasteiger partial charge on any atom is -0.375 e. The molecule has 15 heavy (non-hydrogen) atoms. The van der Waals surface area contributed by atoms with Gasteiger partial charge in [0.15, 0.2) is 0 Å². The predicted octanol–water partition coefficient (Wildman–Crippen LogP) is 2.27. The maximum Gasteiger partial charge on any atom is 0.428 e. The van der Waals surface area contributed by atoms with Crippen LogP contribution in [0.5, 0.6) is 0 Å². The molecule has 0 saturated heterocycles. The van der Waals surface area contributed by atoms with E-state index >= 15 is 0 Å². The SMILES string of the molecule is CC(C)OCC(O)(C(F)(F)F)C(F)(F)F. The molecular formula is C7H10F6O2. The van der Waals surface area contributed by atoms with E-state index in [0.717, 1.165) is 0 Å². The molecule has 0 spiro atoms. The Morgan fingerprint density at radius 1 is 1.00 bits per heavy atom. The van der Waals surface area contributed by atoms with Gasteiger partial charge in [0, 0.05) is 0 Å². The van der Waals surface area contributed by atoms with Gasteiger partial charge in [-0.05, 0) is 13.8 Å². The maximum absolute atomic E-state index is 12.0. The number of ether oxygens (including phenoxy) is 1. The van der Waals surface area contributed by atoms with Crippen LogP contribution in [-0.2, 0) is 4.74 Å². The van der Waals surface area contributed by atoms with Crippen molar-refractivity contribution in [3.8, 4) is 0 Å². The molecule has 0 aliphatic carbocycles. The molecule has 0 heterocycles. The van der Waals surface area contributed by atoms with E-state index in [1.54, 1.807) is 0 Å². The molecule has 0 amide bonds. The van der Waals surface area contributed by atoms with Gasteiger partial charge in [-0.2, -0.15) is 26.3 Å². The summed E-state index contributed by atoms with van der Waals surface area (Å²) in [6.45, 7) is 0.651. The fourth-order valence-electron chi connectivity index (χ4n) is 0.612. The lowest BCUT2D eigenvalue weighted by atomic mass is 10.0. The molecule has 0 aliphatic heterocycles. The third-order valence-corrected chi connectivity index (χ3v) is 1.56. The van der Waals surface area contributed by atoms with E-state index in [9.17, 15) is 26.3 Å². The smallest absolute Gasteiger partial charge is 0.375 e. The largest absolute Gasteiger partial charge is 0.428 e. The van der Waals surface area contributed by atoms with Crippen molar-refractivity contribution in [2.24, 2.45) is 0 Å². The van der Waals surface area contributed by atoms with Crippen molar-refractivity contribution < 1.29 is 36.2 Å². The lowest BCUT2D eigenvalue weighted by Gasteiger charge is -2.32. The van der Waals surface area contributed by atoms with Gasteiger partial charge in [-0.25, -0.2) is 0 Å². The van der Waals surface area contributed by atoms with Gasteiger partial charge in [-0.3, -0.25) is 0 Å². The third kappa shape index (κ3) is 3.23. The van der Waals surface area contributed by atoms with Crippen LogP contribution in [0.25, 0.3) is 0 Å². The molecule has 8 heteroatoms. The summed E-state index contributed by atoms with van der Waals surface area (Å²) in [6, 6.07) is 0. The Kier molecular flexibility index (Phi) is 4.03. The summed E-state index contributed by atoms with van der Waals surface area (Å²) >= 11 is 0. The first-order valence-electron chi connectivity index (χ1n) is 3.89. The van der Waals surface area contributed by atoms with Crippen LogP contribution >= 0.6 is 0 Å². The Morgan fingerprint density at radius 2 is 1.33 bits per heavy atom. The van der Waals surface area contributed by atoms with Crippen LogP contribution in [0.1, 0.15) is 13.8 Å². The third-order valence-electron chi connectivity index (χ3n) is 1.56. The Morgan fingerprint density at radius 3 is 1.53 bits per heavy atom. The van der Waals surface area contributed by atoms with E-state index in [-0.39, 0.29) is 0 Å². The molecule has 2 nitrogen and oxygen atoms in total. The van der Waals surface area contributed by atoms with Crippen LogP contribution in [0.4, 0.5) is 26.3 Å². The molecule has 0 atom stereocenters. The van der Waals surface area contributed by atoms with Crippen LogP contribution in [-0.4, -0.2) is 35.8 Å². The first kappa shape index (κ1) is 14.5. The van der Waals surface area contributed by atoms with E-state index in [1.165, 1.54) is 13.8 Å². The van der Waals surface area contributed by atoms with Crippen LogP contribution < -0.4 is 0 Å². The van der Waals surface area contributed by atoms with Gasteiger partial charge < -0.3 is 9.84 Å². The molecule has 92 valence electrons. The normalized spacial score (nSPS) is 14.8. The van der Waals surface area contributed by atoms with Crippen molar-refractivity contribution in [3.05, 3.63) is 0 Å². The summed E-state index contributed by atoms with van der Waals surface area (Å²) in [5.74, 6) is 0. The Balaban J connectivity index is 4.90. The first-order chi connectivity index (χ1) is 6.42. The lowest BCUT2D eigenvalue weighted by Crippen LogP contribution is -2.60. The minimum atomic E-state index is -5.82. The second-order valence-corrected chi connectivity index (χ2v) is 3.22. The van der Waals surface area contributed by atoms with Gasteiger partial charge in [0.2, 0.25) is 0 Å². The fraction of sp³-hybridized carbons (Fsp3) is 1.00. The minimum absolute atomic E-state index is 0.846. The van der Waals surface area contributed by atoms with Crippen molar-refractivity contribution in [1.29, 1.82) is 0 Å². The molecule has 0 aliphatic rings. The van der Waals surface area contributed by atoms with Crippen LogP contribution in [0, 0.1) is 0 Å². The topological polar surface area (TPSA) is 29.5 Å². The number of rotatable bonds is 3. The highest BCUT2D eigenvalue weighted by molar-refractivity contribution is 4.93. The average molecular weight is 240 g/mol. The highest BCUT2D eigenvalue weighted by Gasteiger charge is 2.70. The molecule has 0 fully saturated rings. The molecule has 0 aromatic heterocycles. The molecule has 0 aromatic rings. The predicted molar refractivity (Wildman–Crippen MR) is 38.1 cm³/mol. The van der Waals surface area contributed by atoms with Gasteiger partial charge in [0.25, 0.3) is 5.60 Å². The van der Waals surface area contributed by atoms with Gasteiger partial charge in [0.1, 0.15) is 0 Å². The zero-order chi connectivity index (χ0) is 12.5. The first-order valence-corrected chi connectivity index (χ1v) is 3.89. The summed E-state index contributed by atoms with van der Waals surface area (Å²) in [4.78, 5) is 0. The molecule has 0 bridgehead atoms. The van der Waals surface area contributed by atoms with Crippen LogP contribution in [0.3, 0.4) is 0 Å². The quantitative estimate of drug-likeness (QED) is 0.767. The number of halogens is 6. The molecule has 0 aromatic carbocycles. The van der Waals surface area contributed by atoms with E-state index in [0.29, 0.717) is 0 Å². The molecule has 0 unspecified atom stereocenters. The van der Waals surface area contributed by atoms with Gasteiger partial charge in [-0.15, -0.1) is 0 Å². The Labute approximate surface area is 81.8 Å². The zero-order valence-electron chi connectivity index (χ0n) is 7.91. The van der Waals surface area contributed by atoms with Crippen molar-refractivity contribution in [2.75, 3.05) is 6.61 Å². The highest BCUT2D eigenvalue weighted by atomic mass is 19.4. The monoisotopic (exact) mass is 240 g/mol. The van der Waals surface area contributed by atoms with E-state index in [4.69, 9.17) is 5.11 Å². The lowest BCUT2D eigenvalue weighted by molar-refractivity contribution is -0.379. The molecule has 1 N–H and O–H groups in total. The number of hydrogen-bond acceptors (Lipinski definition) is 2. The summed E-state index contributed by atoms with van der Waals surface area (Å²) in [5.41, 5.74) is -4.82. The summed E-state index contributed by atoms with van der Waals surface area (Å²) in [7, 11) is 0. The van der Waals surface area contributed by atoms with E-state index in [2.05, 4.69) is 4.74 Å². The van der Waals surface area contributed by atoms with Crippen molar-refractivity contribution >= 4 is 0 Å². The van der Waals surface area contributed by atoms with E-state index < -0.39 is 30.7 Å². The Hall–Kier alpha value is -0.500. The Bertz CT molecular complexity index is 193. The molecule has 0 rings (SSSR count).